The average Bonchev–Trinajstić information content (AvgIpc) is 2.29. The molecule has 16 heavy (non-hydrogen) atoms. The molecule has 3 nitrogen and oxygen atoms in total. The second kappa shape index (κ2) is 6.43. The molecule has 4 heteroatoms. The number of hydrogen-bond donors (Lipinski definition) is 1. The van der Waals surface area contributed by atoms with Crippen molar-refractivity contribution in [1.82, 2.24) is 4.98 Å². The topological polar surface area (TPSA) is 42.2 Å². The molecular formula is C12H19N3S. The predicted molar refractivity (Wildman–Crippen MR) is 72.9 cm³/mol. The summed E-state index contributed by atoms with van der Waals surface area (Å²) in [5.41, 5.74) is 6.53. The zero-order valence-corrected chi connectivity index (χ0v) is 10.8. The summed E-state index contributed by atoms with van der Waals surface area (Å²) >= 11 is 5.02. The first kappa shape index (κ1) is 12.9. The number of unbranched alkanes of at least 4 members (excludes halogenated alkanes) is 2. The largest absolute Gasteiger partial charge is 0.389 e. The Morgan fingerprint density at radius 3 is 2.88 bits per heavy atom. The van der Waals surface area contributed by atoms with Crippen molar-refractivity contribution in [1.29, 1.82) is 0 Å². The van der Waals surface area contributed by atoms with E-state index in [1.165, 1.54) is 19.3 Å². The van der Waals surface area contributed by atoms with Crippen LogP contribution in [0.1, 0.15) is 31.7 Å². The average molecular weight is 237 g/mol. The summed E-state index contributed by atoms with van der Waals surface area (Å²) in [5.74, 6) is 0.881. The SMILES string of the molecule is CCCCCN(C)c1ncccc1C(N)=S. The van der Waals surface area contributed by atoms with Crippen molar-refractivity contribution in [2.75, 3.05) is 18.5 Å². The van der Waals surface area contributed by atoms with Gasteiger partial charge in [0.1, 0.15) is 10.8 Å². The van der Waals surface area contributed by atoms with Gasteiger partial charge in [0.05, 0.1) is 5.56 Å². The molecule has 0 bridgehead atoms. The Hall–Kier alpha value is -1.16. The lowest BCUT2D eigenvalue weighted by atomic mass is 10.2. The van der Waals surface area contributed by atoms with Crippen LogP contribution in [0.4, 0.5) is 5.82 Å². The van der Waals surface area contributed by atoms with Gasteiger partial charge in [-0.25, -0.2) is 4.98 Å². The Labute approximate surface area is 103 Å². The maximum absolute atomic E-state index is 5.67. The quantitative estimate of drug-likeness (QED) is 0.609. The third-order valence-electron chi connectivity index (χ3n) is 2.51. The first-order chi connectivity index (χ1) is 7.66. The van der Waals surface area contributed by atoms with Gasteiger partial charge in [-0.2, -0.15) is 0 Å². The Balaban J connectivity index is 2.74. The number of hydrogen-bond acceptors (Lipinski definition) is 3. The van der Waals surface area contributed by atoms with Gasteiger partial charge < -0.3 is 10.6 Å². The molecule has 1 rings (SSSR count). The molecule has 0 spiro atoms. The molecule has 0 saturated heterocycles. The van der Waals surface area contributed by atoms with Crippen molar-refractivity contribution in [3.8, 4) is 0 Å². The van der Waals surface area contributed by atoms with Crippen LogP contribution in [0.5, 0.6) is 0 Å². The van der Waals surface area contributed by atoms with Crippen LogP contribution < -0.4 is 10.6 Å². The van der Waals surface area contributed by atoms with Crippen molar-refractivity contribution in [3.05, 3.63) is 23.9 Å². The number of thiocarbonyl (C=S) groups is 1. The molecule has 0 aromatic carbocycles. The fourth-order valence-electron chi connectivity index (χ4n) is 1.60. The van der Waals surface area contributed by atoms with Crippen LogP contribution in [0.3, 0.4) is 0 Å². The summed E-state index contributed by atoms with van der Waals surface area (Å²) in [7, 11) is 2.03. The van der Waals surface area contributed by atoms with E-state index in [-0.39, 0.29) is 0 Å². The van der Waals surface area contributed by atoms with Crippen molar-refractivity contribution in [2.24, 2.45) is 5.73 Å². The molecule has 0 amide bonds. The van der Waals surface area contributed by atoms with E-state index in [0.29, 0.717) is 4.99 Å². The van der Waals surface area contributed by atoms with E-state index in [2.05, 4.69) is 16.8 Å². The van der Waals surface area contributed by atoms with Crippen LogP contribution in [0.15, 0.2) is 18.3 Å². The van der Waals surface area contributed by atoms with Crippen LogP contribution in [-0.2, 0) is 0 Å². The Bertz CT molecular complexity index is 352. The van der Waals surface area contributed by atoms with Crippen molar-refractivity contribution < 1.29 is 0 Å². The zero-order valence-electron chi connectivity index (χ0n) is 9.94. The predicted octanol–water partition coefficient (Wildman–Crippen LogP) is 2.34. The summed E-state index contributed by atoms with van der Waals surface area (Å²) < 4.78 is 0. The van der Waals surface area contributed by atoms with E-state index in [1.807, 2.05) is 19.2 Å². The minimum absolute atomic E-state index is 0.408. The van der Waals surface area contributed by atoms with Gasteiger partial charge in [-0.1, -0.05) is 32.0 Å². The van der Waals surface area contributed by atoms with Crippen molar-refractivity contribution in [2.45, 2.75) is 26.2 Å². The molecule has 0 aliphatic heterocycles. The molecule has 1 heterocycles. The third kappa shape index (κ3) is 3.45. The Morgan fingerprint density at radius 1 is 1.50 bits per heavy atom. The van der Waals surface area contributed by atoms with E-state index < -0.39 is 0 Å². The molecule has 1 aromatic heterocycles. The molecule has 1 aromatic rings. The smallest absolute Gasteiger partial charge is 0.138 e. The van der Waals surface area contributed by atoms with Crippen LogP contribution in [-0.4, -0.2) is 23.6 Å². The molecule has 2 N–H and O–H groups in total. The second-order valence-corrected chi connectivity index (χ2v) is 4.31. The van der Waals surface area contributed by atoms with Crippen LogP contribution in [0.25, 0.3) is 0 Å². The second-order valence-electron chi connectivity index (χ2n) is 3.87. The molecule has 0 radical (unpaired) electrons. The van der Waals surface area contributed by atoms with Gasteiger partial charge in [-0.3, -0.25) is 0 Å². The maximum atomic E-state index is 5.67. The number of rotatable bonds is 6. The lowest BCUT2D eigenvalue weighted by Crippen LogP contribution is -2.24. The van der Waals surface area contributed by atoms with E-state index in [0.717, 1.165) is 17.9 Å². The summed E-state index contributed by atoms with van der Waals surface area (Å²) in [6, 6.07) is 3.78. The molecular weight excluding hydrogens is 218 g/mol. The maximum Gasteiger partial charge on any atom is 0.138 e. The summed E-state index contributed by atoms with van der Waals surface area (Å²) in [5, 5.41) is 0. The van der Waals surface area contributed by atoms with Gasteiger partial charge in [0.2, 0.25) is 0 Å². The molecule has 0 aliphatic carbocycles. The van der Waals surface area contributed by atoms with Gasteiger partial charge in [0.25, 0.3) is 0 Å². The third-order valence-corrected chi connectivity index (χ3v) is 2.73. The fourth-order valence-corrected chi connectivity index (χ4v) is 1.76. The van der Waals surface area contributed by atoms with Crippen LogP contribution >= 0.6 is 12.2 Å². The molecule has 0 fully saturated rings. The highest BCUT2D eigenvalue weighted by Crippen LogP contribution is 2.16. The van der Waals surface area contributed by atoms with E-state index in [1.54, 1.807) is 6.20 Å². The summed E-state index contributed by atoms with van der Waals surface area (Å²) in [6.07, 6.45) is 5.39. The van der Waals surface area contributed by atoms with E-state index in [9.17, 15) is 0 Å². The molecule has 88 valence electrons. The molecule has 0 unspecified atom stereocenters. The molecule has 0 atom stereocenters. The van der Waals surface area contributed by atoms with Gasteiger partial charge in [0, 0.05) is 19.8 Å². The monoisotopic (exact) mass is 237 g/mol. The molecule has 0 aliphatic rings. The van der Waals surface area contributed by atoms with Crippen LogP contribution in [0.2, 0.25) is 0 Å². The lowest BCUT2D eigenvalue weighted by Gasteiger charge is -2.20. The first-order valence-corrected chi connectivity index (χ1v) is 6.03. The lowest BCUT2D eigenvalue weighted by molar-refractivity contribution is 0.701. The normalized spacial score (nSPS) is 10.1. The number of nitrogens with zero attached hydrogens (tertiary/aromatic N) is 2. The zero-order chi connectivity index (χ0) is 12.0. The summed E-state index contributed by atoms with van der Waals surface area (Å²) in [6.45, 7) is 3.18. The highest BCUT2D eigenvalue weighted by Gasteiger charge is 2.09. The van der Waals surface area contributed by atoms with Crippen molar-refractivity contribution >= 4 is 23.0 Å². The highest BCUT2D eigenvalue weighted by molar-refractivity contribution is 7.80. The minimum atomic E-state index is 0.408. The van der Waals surface area contributed by atoms with E-state index in [4.69, 9.17) is 18.0 Å². The highest BCUT2D eigenvalue weighted by atomic mass is 32.1. The van der Waals surface area contributed by atoms with Crippen molar-refractivity contribution in [3.63, 3.8) is 0 Å². The van der Waals surface area contributed by atoms with Gasteiger partial charge in [0.15, 0.2) is 0 Å². The minimum Gasteiger partial charge on any atom is -0.389 e. The standard InChI is InChI=1S/C12H19N3S/c1-3-4-5-9-15(2)12-10(11(13)16)7-6-8-14-12/h6-8H,3-5,9H2,1-2H3,(H2,13,16). The van der Waals surface area contributed by atoms with E-state index >= 15 is 0 Å². The summed E-state index contributed by atoms with van der Waals surface area (Å²) in [4.78, 5) is 6.86. The number of anilines is 1. The number of nitrogens with two attached hydrogens (primary N) is 1. The molecule has 0 saturated carbocycles. The Morgan fingerprint density at radius 2 is 2.25 bits per heavy atom. The Kier molecular flexibility index (Phi) is 5.19. The van der Waals surface area contributed by atoms with Crippen LogP contribution in [0, 0.1) is 0 Å². The fraction of sp³-hybridized carbons (Fsp3) is 0.500. The van der Waals surface area contributed by atoms with Gasteiger partial charge >= 0.3 is 0 Å². The number of aromatic nitrogens is 1. The first-order valence-electron chi connectivity index (χ1n) is 5.62. The number of pyridine rings is 1. The van der Waals surface area contributed by atoms with Gasteiger partial charge in [-0.15, -0.1) is 0 Å². The van der Waals surface area contributed by atoms with Gasteiger partial charge in [-0.05, 0) is 18.6 Å².